The zero-order chi connectivity index (χ0) is 19.2. The quantitative estimate of drug-likeness (QED) is 0.585. The van der Waals surface area contributed by atoms with E-state index >= 15 is 0 Å². The zero-order valence-electron chi connectivity index (χ0n) is 14.8. The molecule has 140 valence electrons. The van der Waals surface area contributed by atoms with Crippen LogP contribution in [0, 0.1) is 11.3 Å². The monoisotopic (exact) mass is 378 g/mol. The lowest BCUT2D eigenvalue weighted by Gasteiger charge is -2.32. The summed E-state index contributed by atoms with van der Waals surface area (Å²) in [5.41, 5.74) is 0.521. The third-order valence-corrected chi connectivity index (χ3v) is 5.15. The molecule has 0 atom stereocenters. The molecule has 0 unspecified atom stereocenters. The van der Waals surface area contributed by atoms with Gasteiger partial charge in [-0.15, -0.1) is 0 Å². The first-order valence-electron chi connectivity index (χ1n) is 8.18. The highest BCUT2D eigenvalue weighted by molar-refractivity contribution is 7.88. The van der Waals surface area contributed by atoms with E-state index in [4.69, 9.17) is 4.74 Å². The first-order chi connectivity index (χ1) is 12.3. The highest BCUT2D eigenvalue weighted by Gasteiger charge is 2.23. The van der Waals surface area contributed by atoms with Crippen molar-refractivity contribution in [3.05, 3.63) is 36.0 Å². The predicted octanol–water partition coefficient (Wildman–Crippen LogP) is 1.01. The molecule has 8 nitrogen and oxygen atoms in total. The van der Waals surface area contributed by atoms with Crippen LogP contribution in [-0.4, -0.2) is 62.6 Å². The SMILES string of the molecule is CCOc1ccc(NC(=O)/C(C#N)=C\N2CCN(S(C)(=O)=O)CC2)cc1. The van der Waals surface area contributed by atoms with E-state index in [9.17, 15) is 18.5 Å². The van der Waals surface area contributed by atoms with E-state index in [1.54, 1.807) is 29.2 Å². The summed E-state index contributed by atoms with van der Waals surface area (Å²) in [4.78, 5) is 14.1. The Morgan fingerprint density at radius 2 is 1.88 bits per heavy atom. The minimum Gasteiger partial charge on any atom is -0.494 e. The third-order valence-electron chi connectivity index (χ3n) is 3.84. The van der Waals surface area contributed by atoms with Gasteiger partial charge in [0.1, 0.15) is 17.4 Å². The molecule has 26 heavy (non-hydrogen) atoms. The first kappa shape index (κ1) is 19.8. The van der Waals surface area contributed by atoms with Gasteiger partial charge in [-0.2, -0.15) is 9.57 Å². The fraction of sp³-hybridized carbons (Fsp3) is 0.412. The second kappa shape index (κ2) is 8.69. The predicted molar refractivity (Wildman–Crippen MR) is 97.9 cm³/mol. The third kappa shape index (κ3) is 5.47. The van der Waals surface area contributed by atoms with Crippen molar-refractivity contribution in [3.63, 3.8) is 0 Å². The second-order valence-electron chi connectivity index (χ2n) is 5.76. The number of hydrogen-bond acceptors (Lipinski definition) is 6. The smallest absolute Gasteiger partial charge is 0.267 e. The van der Waals surface area contributed by atoms with Gasteiger partial charge in [0.25, 0.3) is 5.91 Å². The molecule has 1 aliphatic heterocycles. The standard InChI is InChI=1S/C17H22N4O4S/c1-3-25-16-6-4-15(5-7-16)19-17(22)14(12-18)13-20-8-10-21(11-9-20)26(2,23)24/h4-7,13H,3,8-11H2,1-2H3,(H,19,22)/b14-13-. The number of nitriles is 1. The molecule has 2 rings (SSSR count). The number of carbonyl (C=O) groups excluding carboxylic acids is 1. The molecule has 0 bridgehead atoms. The van der Waals surface area contributed by atoms with Crippen molar-refractivity contribution in [1.29, 1.82) is 5.26 Å². The van der Waals surface area contributed by atoms with Crippen molar-refractivity contribution in [3.8, 4) is 11.8 Å². The molecule has 1 aliphatic rings. The molecule has 1 aromatic carbocycles. The number of anilines is 1. The number of sulfonamides is 1. The molecule has 1 heterocycles. The van der Waals surface area contributed by atoms with E-state index < -0.39 is 15.9 Å². The topological polar surface area (TPSA) is 103 Å². The summed E-state index contributed by atoms with van der Waals surface area (Å²) in [6.45, 7) is 3.95. The molecule has 0 saturated carbocycles. The van der Waals surface area contributed by atoms with Gasteiger partial charge >= 0.3 is 0 Å². The number of rotatable bonds is 6. The minimum absolute atomic E-state index is 0.0355. The van der Waals surface area contributed by atoms with Crippen LogP contribution < -0.4 is 10.1 Å². The van der Waals surface area contributed by atoms with Crippen molar-refractivity contribution in [2.75, 3.05) is 44.4 Å². The summed E-state index contributed by atoms with van der Waals surface area (Å²) < 4.78 is 29.7. The lowest BCUT2D eigenvalue weighted by molar-refractivity contribution is -0.112. The Kier molecular flexibility index (Phi) is 6.60. The summed E-state index contributed by atoms with van der Waals surface area (Å²) in [7, 11) is -3.22. The number of carbonyl (C=O) groups is 1. The van der Waals surface area contributed by atoms with Crippen LogP contribution in [0.3, 0.4) is 0 Å². The van der Waals surface area contributed by atoms with Crippen LogP contribution in [0.2, 0.25) is 0 Å². The number of piperazine rings is 1. The van der Waals surface area contributed by atoms with E-state index in [1.807, 2.05) is 13.0 Å². The summed E-state index contributed by atoms with van der Waals surface area (Å²) >= 11 is 0. The fourth-order valence-corrected chi connectivity index (χ4v) is 3.31. The average molecular weight is 378 g/mol. The Morgan fingerprint density at radius 3 is 2.38 bits per heavy atom. The van der Waals surface area contributed by atoms with Gasteiger partial charge < -0.3 is 15.0 Å². The lowest BCUT2D eigenvalue weighted by Crippen LogP contribution is -2.46. The Bertz CT molecular complexity index is 804. The number of hydrogen-bond donors (Lipinski definition) is 1. The highest BCUT2D eigenvalue weighted by atomic mass is 32.2. The van der Waals surface area contributed by atoms with Crippen molar-refractivity contribution >= 4 is 21.6 Å². The van der Waals surface area contributed by atoms with Gasteiger partial charge in [0, 0.05) is 38.1 Å². The molecular formula is C17H22N4O4S. The van der Waals surface area contributed by atoms with Gasteiger partial charge in [0.15, 0.2) is 0 Å². The molecule has 0 radical (unpaired) electrons. The summed E-state index contributed by atoms with van der Waals surface area (Å²) in [6, 6.07) is 8.76. The van der Waals surface area contributed by atoms with Gasteiger partial charge in [0.2, 0.25) is 10.0 Å². The van der Waals surface area contributed by atoms with Gasteiger partial charge in [-0.1, -0.05) is 0 Å². The lowest BCUT2D eigenvalue weighted by atomic mass is 10.2. The zero-order valence-corrected chi connectivity index (χ0v) is 15.6. The van der Waals surface area contributed by atoms with Crippen molar-refractivity contribution in [2.24, 2.45) is 0 Å². The normalized spacial score (nSPS) is 16.0. The highest BCUT2D eigenvalue weighted by Crippen LogP contribution is 2.16. The Labute approximate surface area is 153 Å². The van der Waals surface area contributed by atoms with E-state index in [1.165, 1.54) is 16.8 Å². The van der Waals surface area contributed by atoms with Crippen LogP contribution in [-0.2, 0) is 14.8 Å². The Hall–Kier alpha value is -2.57. The summed E-state index contributed by atoms with van der Waals surface area (Å²) in [5.74, 6) is 0.187. The van der Waals surface area contributed by atoms with Crippen LogP contribution >= 0.6 is 0 Å². The van der Waals surface area contributed by atoms with Gasteiger partial charge in [0.05, 0.1) is 12.9 Å². The van der Waals surface area contributed by atoms with Crippen LogP contribution in [0.15, 0.2) is 36.0 Å². The molecule has 0 aliphatic carbocycles. The summed E-state index contributed by atoms with van der Waals surface area (Å²) in [6.07, 6.45) is 2.65. The van der Waals surface area contributed by atoms with Crippen molar-refractivity contribution < 1.29 is 17.9 Å². The summed E-state index contributed by atoms with van der Waals surface area (Å²) in [5, 5.41) is 11.9. The Morgan fingerprint density at radius 1 is 1.27 bits per heavy atom. The molecule has 1 aromatic rings. The maximum Gasteiger partial charge on any atom is 0.267 e. The minimum atomic E-state index is -3.22. The first-order valence-corrected chi connectivity index (χ1v) is 10.0. The van der Waals surface area contributed by atoms with E-state index in [2.05, 4.69) is 5.32 Å². The molecule has 1 saturated heterocycles. The maximum atomic E-state index is 12.3. The van der Waals surface area contributed by atoms with Gasteiger partial charge in [-0.05, 0) is 31.2 Å². The molecule has 1 N–H and O–H groups in total. The largest absolute Gasteiger partial charge is 0.494 e. The van der Waals surface area contributed by atoms with E-state index in [0.717, 1.165) is 0 Å². The second-order valence-corrected chi connectivity index (χ2v) is 7.75. The number of benzene rings is 1. The Balaban J connectivity index is 1.98. The van der Waals surface area contributed by atoms with Crippen LogP contribution in [0.5, 0.6) is 5.75 Å². The van der Waals surface area contributed by atoms with Gasteiger partial charge in [-0.25, -0.2) is 8.42 Å². The maximum absolute atomic E-state index is 12.3. The van der Waals surface area contributed by atoms with Crippen molar-refractivity contribution in [2.45, 2.75) is 6.92 Å². The molecule has 0 spiro atoms. The molecule has 1 fully saturated rings. The number of nitrogens with zero attached hydrogens (tertiary/aromatic N) is 3. The van der Waals surface area contributed by atoms with Crippen LogP contribution in [0.1, 0.15) is 6.92 Å². The number of ether oxygens (including phenoxy) is 1. The van der Waals surface area contributed by atoms with Crippen LogP contribution in [0.4, 0.5) is 5.69 Å². The average Bonchev–Trinajstić information content (AvgIpc) is 2.61. The molecular weight excluding hydrogens is 356 g/mol. The molecule has 0 aromatic heterocycles. The van der Waals surface area contributed by atoms with Crippen LogP contribution in [0.25, 0.3) is 0 Å². The number of amides is 1. The van der Waals surface area contributed by atoms with E-state index in [-0.39, 0.29) is 5.57 Å². The van der Waals surface area contributed by atoms with Crippen molar-refractivity contribution in [1.82, 2.24) is 9.21 Å². The molecule has 9 heteroatoms. The fourth-order valence-electron chi connectivity index (χ4n) is 2.48. The number of nitrogens with one attached hydrogen (secondary N) is 1. The van der Waals surface area contributed by atoms with E-state index in [0.29, 0.717) is 44.2 Å². The molecule has 1 amide bonds. The van der Waals surface area contributed by atoms with Gasteiger partial charge in [-0.3, -0.25) is 4.79 Å².